The molecule has 0 fully saturated rings. The van der Waals surface area contributed by atoms with Crippen LogP contribution in [0.3, 0.4) is 0 Å². The minimum absolute atomic E-state index is 0.216. The highest BCUT2D eigenvalue weighted by Crippen LogP contribution is 2.27. The van der Waals surface area contributed by atoms with Crippen LogP contribution in [-0.2, 0) is 9.59 Å². The number of rotatable bonds is 8. The Kier molecular flexibility index (Phi) is 8.60. The Balaban J connectivity index is 1.69. The number of carbonyl (C=O) groups excluding carboxylic acids is 2. The monoisotopic (exact) mass is 468 g/mol. The van der Waals surface area contributed by atoms with Crippen LogP contribution in [0.2, 0.25) is 5.02 Å². The molecule has 2 aromatic rings. The summed E-state index contributed by atoms with van der Waals surface area (Å²) in [5.74, 6) is 0.544. The van der Waals surface area contributed by atoms with Gasteiger partial charge in [0, 0.05) is 5.02 Å². The summed E-state index contributed by atoms with van der Waals surface area (Å²) in [6.45, 7) is 3.80. The molecule has 28 heavy (non-hydrogen) atoms. The number of hydrogen-bond donors (Lipinski definition) is 2. The number of carbonyl (C=O) groups is 2. The Morgan fingerprint density at radius 3 is 2.21 bits per heavy atom. The lowest BCUT2D eigenvalue weighted by Gasteiger charge is -2.12. The lowest BCUT2D eigenvalue weighted by atomic mass is 9.99. The maximum absolute atomic E-state index is 11.8. The van der Waals surface area contributed by atoms with Gasteiger partial charge in [-0.25, -0.2) is 0 Å². The summed E-state index contributed by atoms with van der Waals surface area (Å²) in [5, 5.41) is 0.547. The molecule has 0 saturated heterocycles. The lowest BCUT2D eigenvalue weighted by molar-refractivity contribution is -0.131. The van der Waals surface area contributed by atoms with Gasteiger partial charge in [-0.05, 0) is 64.2 Å². The van der Waals surface area contributed by atoms with Crippen LogP contribution >= 0.6 is 27.5 Å². The van der Waals surface area contributed by atoms with Gasteiger partial charge < -0.3 is 9.47 Å². The summed E-state index contributed by atoms with van der Waals surface area (Å²) < 4.78 is 11.4. The largest absolute Gasteiger partial charge is 0.484 e. The molecule has 0 spiro atoms. The summed E-state index contributed by atoms with van der Waals surface area (Å²) in [6.07, 6.45) is 1.06. The molecule has 0 saturated carbocycles. The third kappa shape index (κ3) is 7.05. The predicted octanol–water partition coefficient (Wildman–Crippen LogP) is 4.22. The fraction of sp³-hybridized carbons (Fsp3) is 0.300. The summed E-state index contributed by atoms with van der Waals surface area (Å²) >= 11 is 9.13. The number of halogens is 2. The van der Waals surface area contributed by atoms with Crippen molar-refractivity contribution in [2.24, 2.45) is 0 Å². The van der Waals surface area contributed by atoms with Crippen molar-refractivity contribution in [1.29, 1.82) is 0 Å². The molecule has 0 bridgehead atoms. The highest BCUT2D eigenvalue weighted by atomic mass is 79.9. The topological polar surface area (TPSA) is 76.7 Å². The van der Waals surface area contributed by atoms with Crippen molar-refractivity contribution in [3.8, 4) is 11.5 Å². The summed E-state index contributed by atoms with van der Waals surface area (Å²) in [7, 11) is 0. The van der Waals surface area contributed by atoms with Crippen LogP contribution in [0.15, 0.2) is 46.9 Å². The Morgan fingerprint density at radius 1 is 1.04 bits per heavy atom. The average molecular weight is 470 g/mol. The van der Waals surface area contributed by atoms with E-state index < -0.39 is 11.8 Å². The van der Waals surface area contributed by atoms with Gasteiger partial charge in [0.1, 0.15) is 11.5 Å². The SMILES string of the molecule is CCC(C)c1ccc(OCC(=O)NNC(=O)COc2ccc(Cl)cc2Br)cc1. The van der Waals surface area contributed by atoms with Gasteiger partial charge in [0.15, 0.2) is 13.2 Å². The number of nitrogens with one attached hydrogen (secondary N) is 2. The van der Waals surface area contributed by atoms with E-state index in [9.17, 15) is 9.59 Å². The van der Waals surface area contributed by atoms with Gasteiger partial charge >= 0.3 is 0 Å². The standard InChI is InChI=1S/C20H22BrClN2O4/c1-3-13(2)14-4-7-16(8-5-14)27-11-19(25)23-24-20(26)12-28-18-9-6-15(22)10-17(18)21/h4-10,13H,3,11-12H2,1-2H3,(H,23,25)(H,24,26). The van der Waals surface area contributed by atoms with Gasteiger partial charge in [-0.2, -0.15) is 0 Å². The molecule has 0 aliphatic heterocycles. The van der Waals surface area contributed by atoms with Gasteiger partial charge in [0.25, 0.3) is 11.8 Å². The molecule has 1 unspecified atom stereocenters. The Morgan fingerprint density at radius 2 is 1.64 bits per heavy atom. The van der Waals surface area contributed by atoms with E-state index in [2.05, 4.69) is 40.6 Å². The maximum atomic E-state index is 11.8. The Labute approximate surface area is 177 Å². The molecule has 0 aliphatic rings. The molecule has 0 aliphatic carbocycles. The van der Waals surface area contributed by atoms with Crippen molar-refractivity contribution >= 4 is 39.3 Å². The quantitative estimate of drug-likeness (QED) is 0.568. The fourth-order valence-corrected chi connectivity index (χ4v) is 3.02. The molecule has 8 heteroatoms. The minimum Gasteiger partial charge on any atom is -0.484 e. The number of hydrogen-bond acceptors (Lipinski definition) is 4. The van der Waals surface area contributed by atoms with Crippen molar-refractivity contribution in [2.45, 2.75) is 26.2 Å². The summed E-state index contributed by atoms with van der Waals surface area (Å²) in [5.41, 5.74) is 5.76. The van der Waals surface area contributed by atoms with Crippen LogP contribution < -0.4 is 20.3 Å². The molecule has 0 aromatic heterocycles. The Bertz CT molecular complexity index is 814. The van der Waals surface area contributed by atoms with E-state index in [1.165, 1.54) is 5.56 Å². The first-order chi connectivity index (χ1) is 13.4. The molecule has 2 amide bonds. The lowest BCUT2D eigenvalue weighted by Crippen LogP contribution is -2.45. The van der Waals surface area contributed by atoms with Crippen LogP contribution in [0.4, 0.5) is 0 Å². The Hall–Kier alpha value is -2.25. The van der Waals surface area contributed by atoms with Crippen LogP contribution in [0.25, 0.3) is 0 Å². The second kappa shape index (κ2) is 10.9. The molecule has 0 radical (unpaired) electrons. The predicted molar refractivity (Wildman–Crippen MR) is 112 cm³/mol. The number of amides is 2. The van der Waals surface area contributed by atoms with Crippen molar-refractivity contribution in [2.75, 3.05) is 13.2 Å². The smallest absolute Gasteiger partial charge is 0.276 e. The van der Waals surface area contributed by atoms with Crippen LogP contribution in [-0.4, -0.2) is 25.0 Å². The molecule has 6 nitrogen and oxygen atoms in total. The third-order valence-corrected chi connectivity index (χ3v) is 4.88. The number of hydrazine groups is 1. The van der Waals surface area contributed by atoms with E-state index in [0.29, 0.717) is 26.9 Å². The van der Waals surface area contributed by atoms with Crippen molar-refractivity contribution < 1.29 is 19.1 Å². The molecule has 0 heterocycles. The van der Waals surface area contributed by atoms with Gasteiger partial charge in [0.2, 0.25) is 0 Å². The van der Waals surface area contributed by atoms with Crippen molar-refractivity contribution in [3.63, 3.8) is 0 Å². The second-order valence-electron chi connectivity index (χ2n) is 6.13. The molecule has 2 rings (SSSR count). The fourth-order valence-electron chi connectivity index (χ4n) is 2.22. The van der Waals surface area contributed by atoms with Gasteiger partial charge in [0.05, 0.1) is 4.47 Å². The number of ether oxygens (including phenoxy) is 2. The van der Waals surface area contributed by atoms with E-state index in [-0.39, 0.29) is 13.2 Å². The van der Waals surface area contributed by atoms with Crippen molar-refractivity contribution in [1.82, 2.24) is 10.9 Å². The van der Waals surface area contributed by atoms with Crippen LogP contribution in [0, 0.1) is 0 Å². The zero-order valence-electron chi connectivity index (χ0n) is 15.6. The summed E-state index contributed by atoms with van der Waals surface area (Å²) in [4.78, 5) is 23.6. The number of benzene rings is 2. The van der Waals surface area contributed by atoms with Gasteiger partial charge in [-0.3, -0.25) is 20.4 Å². The molecule has 150 valence electrons. The summed E-state index contributed by atoms with van der Waals surface area (Å²) in [6, 6.07) is 12.6. The first kappa shape index (κ1) is 22.0. The zero-order valence-corrected chi connectivity index (χ0v) is 18.0. The third-order valence-electron chi connectivity index (χ3n) is 4.03. The van der Waals surface area contributed by atoms with Crippen molar-refractivity contribution in [3.05, 3.63) is 57.5 Å². The van der Waals surface area contributed by atoms with E-state index in [4.69, 9.17) is 21.1 Å². The molecular formula is C20H22BrClN2O4. The normalized spacial score (nSPS) is 11.4. The van der Waals surface area contributed by atoms with Gasteiger partial charge in [-0.1, -0.05) is 37.6 Å². The first-order valence-corrected chi connectivity index (χ1v) is 9.94. The van der Waals surface area contributed by atoms with E-state index >= 15 is 0 Å². The minimum atomic E-state index is -0.506. The zero-order chi connectivity index (χ0) is 20.5. The van der Waals surface area contributed by atoms with E-state index in [1.807, 2.05) is 24.3 Å². The van der Waals surface area contributed by atoms with Crippen LogP contribution in [0.5, 0.6) is 11.5 Å². The van der Waals surface area contributed by atoms with Crippen LogP contribution in [0.1, 0.15) is 31.7 Å². The molecular weight excluding hydrogens is 448 g/mol. The average Bonchev–Trinajstić information content (AvgIpc) is 2.69. The highest BCUT2D eigenvalue weighted by molar-refractivity contribution is 9.10. The van der Waals surface area contributed by atoms with Gasteiger partial charge in [-0.15, -0.1) is 0 Å². The second-order valence-corrected chi connectivity index (χ2v) is 7.42. The van der Waals surface area contributed by atoms with E-state index in [1.54, 1.807) is 18.2 Å². The highest BCUT2D eigenvalue weighted by Gasteiger charge is 2.09. The maximum Gasteiger partial charge on any atom is 0.276 e. The molecule has 1 atom stereocenters. The van der Waals surface area contributed by atoms with E-state index in [0.717, 1.165) is 6.42 Å². The molecule has 2 N–H and O–H groups in total. The first-order valence-electron chi connectivity index (χ1n) is 8.77. The molecule has 2 aromatic carbocycles.